The van der Waals surface area contributed by atoms with Crippen LogP contribution < -0.4 is 5.73 Å². The highest BCUT2D eigenvalue weighted by Crippen LogP contribution is 2.30. The molecular weight excluding hydrogens is 228 g/mol. The molecule has 0 saturated carbocycles. The van der Waals surface area contributed by atoms with Crippen LogP contribution >= 0.6 is 11.3 Å². The van der Waals surface area contributed by atoms with Gasteiger partial charge in [-0.25, -0.2) is 0 Å². The first-order chi connectivity index (χ1) is 8.11. The van der Waals surface area contributed by atoms with Gasteiger partial charge in [0.1, 0.15) is 0 Å². The van der Waals surface area contributed by atoms with E-state index in [4.69, 9.17) is 5.73 Å². The molecule has 3 heteroatoms. The molecule has 2 N–H and O–H groups in total. The van der Waals surface area contributed by atoms with Crippen molar-refractivity contribution in [2.75, 3.05) is 13.1 Å². The molecule has 1 saturated heterocycles. The number of thiophene rings is 1. The SMILES string of the molecule is CCc1ccc(C(C)N2CCC(N)C(C)C2)s1. The van der Waals surface area contributed by atoms with Gasteiger partial charge in [-0.2, -0.15) is 0 Å². The second-order valence-corrected chi connectivity index (χ2v) is 6.46. The second-order valence-electron chi connectivity index (χ2n) is 5.26. The summed E-state index contributed by atoms with van der Waals surface area (Å²) in [7, 11) is 0. The fourth-order valence-electron chi connectivity index (χ4n) is 2.54. The van der Waals surface area contributed by atoms with E-state index in [2.05, 4.69) is 37.8 Å². The summed E-state index contributed by atoms with van der Waals surface area (Å²) in [6.45, 7) is 9.11. The minimum atomic E-state index is 0.396. The minimum Gasteiger partial charge on any atom is -0.327 e. The van der Waals surface area contributed by atoms with Crippen molar-refractivity contribution in [3.05, 3.63) is 21.9 Å². The third-order valence-electron chi connectivity index (χ3n) is 3.99. The van der Waals surface area contributed by atoms with Crippen LogP contribution in [0.5, 0.6) is 0 Å². The fourth-order valence-corrected chi connectivity index (χ4v) is 3.58. The summed E-state index contributed by atoms with van der Waals surface area (Å²) >= 11 is 1.96. The fraction of sp³-hybridized carbons (Fsp3) is 0.714. The van der Waals surface area contributed by atoms with E-state index in [0.717, 1.165) is 25.9 Å². The van der Waals surface area contributed by atoms with Gasteiger partial charge in [0, 0.05) is 34.9 Å². The zero-order chi connectivity index (χ0) is 12.4. The smallest absolute Gasteiger partial charge is 0.0413 e. The largest absolute Gasteiger partial charge is 0.327 e. The van der Waals surface area contributed by atoms with Gasteiger partial charge in [-0.15, -0.1) is 11.3 Å². The number of aryl methyl sites for hydroxylation is 1. The van der Waals surface area contributed by atoms with Gasteiger partial charge >= 0.3 is 0 Å². The van der Waals surface area contributed by atoms with Crippen molar-refractivity contribution >= 4 is 11.3 Å². The lowest BCUT2D eigenvalue weighted by Crippen LogP contribution is -2.46. The topological polar surface area (TPSA) is 29.3 Å². The van der Waals surface area contributed by atoms with Crippen LogP contribution in [0.25, 0.3) is 0 Å². The van der Waals surface area contributed by atoms with Crippen LogP contribution in [-0.4, -0.2) is 24.0 Å². The van der Waals surface area contributed by atoms with Crippen LogP contribution in [0.1, 0.15) is 43.0 Å². The van der Waals surface area contributed by atoms with Gasteiger partial charge < -0.3 is 5.73 Å². The summed E-state index contributed by atoms with van der Waals surface area (Å²) in [5.41, 5.74) is 6.08. The molecule has 1 aromatic rings. The van der Waals surface area contributed by atoms with Crippen molar-refractivity contribution in [2.24, 2.45) is 11.7 Å². The molecule has 1 aliphatic heterocycles. The number of rotatable bonds is 3. The number of hydrogen-bond acceptors (Lipinski definition) is 3. The lowest BCUT2D eigenvalue weighted by Gasteiger charge is -2.38. The minimum absolute atomic E-state index is 0.396. The summed E-state index contributed by atoms with van der Waals surface area (Å²) in [4.78, 5) is 5.58. The van der Waals surface area contributed by atoms with Crippen LogP contribution in [-0.2, 0) is 6.42 Å². The molecule has 0 amide bonds. The molecule has 0 radical (unpaired) electrons. The van der Waals surface area contributed by atoms with Crippen molar-refractivity contribution in [2.45, 2.75) is 45.7 Å². The highest BCUT2D eigenvalue weighted by atomic mass is 32.1. The third kappa shape index (κ3) is 2.90. The average molecular weight is 252 g/mol. The Morgan fingerprint density at radius 2 is 2.29 bits per heavy atom. The van der Waals surface area contributed by atoms with Gasteiger partial charge in [0.05, 0.1) is 0 Å². The van der Waals surface area contributed by atoms with Crippen LogP contribution in [0.4, 0.5) is 0 Å². The molecule has 0 spiro atoms. The van der Waals surface area contributed by atoms with Gasteiger partial charge in [-0.3, -0.25) is 4.90 Å². The first kappa shape index (κ1) is 13.1. The summed E-state index contributed by atoms with van der Waals surface area (Å²) < 4.78 is 0. The van der Waals surface area contributed by atoms with Gasteiger partial charge in [0.2, 0.25) is 0 Å². The van der Waals surface area contributed by atoms with Crippen LogP contribution in [0, 0.1) is 5.92 Å². The molecule has 1 aromatic heterocycles. The first-order valence-electron chi connectivity index (χ1n) is 6.70. The highest BCUT2D eigenvalue weighted by Gasteiger charge is 2.27. The zero-order valence-electron chi connectivity index (χ0n) is 11.1. The molecule has 0 aliphatic carbocycles. The maximum absolute atomic E-state index is 6.08. The Morgan fingerprint density at radius 1 is 1.53 bits per heavy atom. The van der Waals surface area contributed by atoms with E-state index < -0.39 is 0 Å². The van der Waals surface area contributed by atoms with Crippen molar-refractivity contribution in [3.8, 4) is 0 Å². The summed E-state index contributed by atoms with van der Waals surface area (Å²) in [6, 6.07) is 5.52. The number of hydrogen-bond donors (Lipinski definition) is 1. The molecule has 17 heavy (non-hydrogen) atoms. The molecule has 2 rings (SSSR count). The predicted molar refractivity (Wildman–Crippen MR) is 75.4 cm³/mol. The quantitative estimate of drug-likeness (QED) is 0.896. The third-order valence-corrected chi connectivity index (χ3v) is 5.39. The maximum atomic E-state index is 6.08. The number of nitrogens with two attached hydrogens (primary N) is 1. The lowest BCUT2D eigenvalue weighted by molar-refractivity contribution is 0.126. The van der Waals surface area contributed by atoms with Crippen molar-refractivity contribution < 1.29 is 0 Å². The van der Waals surface area contributed by atoms with E-state index in [1.807, 2.05) is 11.3 Å². The van der Waals surface area contributed by atoms with Gasteiger partial charge in [0.25, 0.3) is 0 Å². The maximum Gasteiger partial charge on any atom is 0.0413 e. The Kier molecular flexibility index (Phi) is 4.23. The molecule has 1 fully saturated rings. The normalized spacial score (nSPS) is 28.2. The number of piperidine rings is 1. The predicted octanol–water partition coefficient (Wildman–Crippen LogP) is 3.04. The standard InChI is InChI=1S/C14H24N2S/c1-4-12-5-6-14(17-12)11(3)16-8-7-13(15)10(2)9-16/h5-6,10-11,13H,4,7-9,15H2,1-3H3. The Balaban J connectivity index is 2.02. The Bertz CT molecular complexity index is 361. The van der Waals surface area contributed by atoms with Crippen LogP contribution in [0.3, 0.4) is 0 Å². The molecular formula is C14H24N2S. The molecule has 96 valence electrons. The van der Waals surface area contributed by atoms with Gasteiger partial charge in [0.15, 0.2) is 0 Å². The highest BCUT2D eigenvalue weighted by molar-refractivity contribution is 7.12. The molecule has 2 heterocycles. The monoisotopic (exact) mass is 252 g/mol. The summed E-state index contributed by atoms with van der Waals surface area (Å²) in [5, 5.41) is 0. The Labute approximate surface area is 109 Å². The van der Waals surface area contributed by atoms with Gasteiger partial charge in [-0.05, 0) is 37.8 Å². The second kappa shape index (κ2) is 5.51. The molecule has 3 atom stereocenters. The lowest BCUT2D eigenvalue weighted by atomic mass is 9.93. The Hall–Kier alpha value is -0.380. The van der Waals surface area contributed by atoms with E-state index in [1.54, 1.807) is 0 Å². The van der Waals surface area contributed by atoms with Crippen molar-refractivity contribution in [3.63, 3.8) is 0 Å². The zero-order valence-corrected chi connectivity index (χ0v) is 12.0. The van der Waals surface area contributed by atoms with E-state index in [-0.39, 0.29) is 0 Å². The van der Waals surface area contributed by atoms with E-state index >= 15 is 0 Å². The van der Waals surface area contributed by atoms with Crippen LogP contribution in [0.15, 0.2) is 12.1 Å². The Morgan fingerprint density at radius 3 is 2.88 bits per heavy atom. The molecule has 1 aliphatic rings. The molecule has 0 bridgehead atoms. The first-order valence-corrected chi connectivity index (χ1v) is 7.51. The molecule has 3 unspecified atom stereocenters. The van der Waals surface area contributed by atoms with Crippen LogP contribution in [0.2, 0.25) is 0 Å². The van der Waals surface area contributed by atoms with Crippen molar-refractivity contribution in [1.82, 2.24) is 4.90 Å². The summed E-state index contributed by atoms with van der Waals surface area (Å²) in [5.74, 6) is 0.622. The van der Waals surface area contributed by atoms with E-state index in [9.17, 15) is 0 Å². The number of nitrogens with zero attached hydrogens (tertiary/aromatic N) is 1. The average Bonchev–Trinajstić information content (AvgIpc) is 2.80. The van der Waals surface area contributed by atoms with Crippen molar-refractivity contribution in [1.29, 1.82) is 0 Å². The van der Waals surface area contributed by atoms with E-state index in [0.29, 0.717) is 18.0 Å². The van der Waals surface area contributed by atoms with E-state index in [1.165, 1.54) is 9.75 Å². The number of likely N-dealkylation sites (tertiary alicyclic amines) is 1. The summed E-state index contributed by atoms with van der Waals surface area (Å²) in [6.07, 6.45) is 2.29. The van der Waals surface area contributed by atoms with Gasteiger partial charge in [-0.1, -0.05) is 13.8 Å². The molecule has 2 nitrogen and oxygen atoms in total. The molecule has 0 aromatic carbocycles.